The molecule has 0 radical (unpaired) electrons. The fourth-order valence-corrected chi connectivity index (χ4v) is 1.82. The lowest BCUT2D eigenvalue weighted by molar-refractivity contribution is -0.0518. The largest absolute Gasteiger partial charge is 0.493 e. The Balaban J connectivity index is 2.61. The summed E-state index contributed by atoms with van der Waals surface area (Å²) in [5, 5.41) is 3.23. The summed E-state index contributed by atoms with van der Waals surface area (Å²) in [6.45, 7) is 3.47. The van der Waals surface area contributed by atoms with Crippen molar-refractivity contribution in [3.8, 4) is 11.5 Å². The molecule has 0 atom stereocenters. The molecule has 0 saturated carbocycles. The number of nitrogens with zero attached hydrogens (tertiary/aromatic N) is 1. The van der Waals surface area contributed by atoms with E-state index in [1.807, 2.05) is 7.05 Å². The van der Waals surface area contributed by atoms with Crippen molar-refractivity contribution >= 4 is 0 Å². The first kappa shape index (κ1) is 17.7. The number of ether oxygens (including phenoxy) is 2. The van der Waals surface area contributed by atoms with Crippen LogP contribution in [0.5, 0.6) is 11.5 Å². The van der Waals surface area contributed by atoms with Crippen molar-refractivity contribution in [2.75, 3.05) is 27.2 Å². The van der Waals surface area contributed by atoms with Crippen LogP contribution in [-0.4, -0.2) is 44.8 Å². The standard InChI is InChI=1S/C15H24F2N2O2/c1-11(2)19(3)9-8-18-10-12-6-5-7-13(20-4)14(12)21-15(16)17/h5-7,11,15,18H,8-10H2,1-4H3. The van der Waals surface area contributed by atoms with Gasteiger partial charge in [-0.3, -0.25) is 0 Å². The summed E-state index contributed by atoms with van der Waals surface area (Å²) in [7, 11) is 3.48. The van der Waals surface area contributed by atoms with Crippen molar-refractivity contribution in [3.05, 3.63) is 23.8 Å². The molecule has 0 aliphatic heterocycles. The first-order valence-corrected chi connectivity index (χ1v) is 6.97. The van der Waals surface area contributed by atoms with E-state index in [1.165, 1.54) is 7.11 Å². The van der Waals surface area contributed by atoms with E-state index in [1.54, 1.807) is 18.2 Å². The van der Waals surface area contributed by atoms with Crippen LogP contribution in [-0.2, 0) is 6.54 Å². The van der Waals surface area contributed by atoms with Crippen molar-refractivity contribution in [2.45, 2.75) is 33.0 Å². The molecule has 0 heterocycles. The summed E-state index contributed by atoms with van der Waals surface area (Å²) in [6.07, 6.45) is 0. The Morgan fingerprint density at radius 1 is 1.29 bits per heavy atom. The molecule has 1 rings (SSSR count). The van der Waals surface area contributed by atoms with Crippen LogP contribution in [0.15, 0.2) is 18.2 Å². The van der Waals surface area contributed by atoms with Gasteiger partial charge < -0.3 is 19.7 Å². The third-order valence-electron chi connectivity index (χ3n) is 3.33. The lowest BCUT2D eigenvalue weighted by Crippen LogP contribution is -2.33. The Bertz CT molecular complexity index is 428. The van der Waals surface area contributed by atoms with Gasteiger partial charge in [-0.1, -0.05) is 12.1 Å². The van der Waals surface area contributed by atoms with Crippen LogP contribution in [0, 0.1) is 0 Å². The lowest BCUT2D eigenvalue weighted by Gasteiger charge is -2.21. The molecule has 0 aliphatic carbocycles. The van der Waals surface area contributed by atoms with Crippen LogP contribution < -0.4 is 14.8 Å². The molecule has 0 saturated heterocycles. The van der Waals surface area contributed by atoms with E-state index in [2.05, 4.69) is 28.8 Å². The second-order valence-corrected chi connectivity index (χ2v) is 5.08. The zero-order chi connectivity index (χ0) is 15.8. The first-order chi connectivity index (χ1) is 9.95. The highest BCUT2D eigenvalue weighted by Crippen LogP contribution is 2.32. The minimum Gasteiger partial charge on any atom is -0.493 e. The number of hydrogen-bond acceptors (Lipinski definition) is 4. The number of halogens is 2. The molecular formula is C15H24F2N2O2. The number of hydrogen-bond donors (Lipinski definition) is 1. The number of rotatable bonds is 9. The molecular weight excluding hydrogens is 278 g/mol. The Kier molecular flexibility index (Phi) is 7.39. The third-order valence-corrected chi connectivity index (χ3v) is 3.33. The molecule has 0 spiro atoms. The molecule has 0 aliphatic rings. The highest BCUT2D eigenvalue weighted by Gasteiger charge is 2.15. The zero-order valence-electron chi connectivity index (χ0n) is 13.0. The summed E-state index contributed by atoms with van der Waals surface area (Å²) in [6, 6.07) is 5.59. The summed E-state index contributed by atoms with van der Waals surface area (Å²) in [5.74, 6) is 0.411. The van der Waals surface area contributed by atoms with Crippen molar-refractivity contribution < 1.29 is 18.3 Å². The van der Waals surface area contributed by atoms with Crippen LogP contribution >= 0.6 is 0 Å². The van der Waals surface area contributed by atoms with Crippen molar-refractivity contribution in [2.24, 2.45) is 0 Å². The quantitative estimate of drug-likeness (QED) is 0.711. The maximum atomic E-state index is 12.5. The summed E-state index contributed by atoms with van der Waals surface area (Å²) in [5.41, 5.74) is 0.654. The predicted octanol–water partition coefficient (Wildman–Crippen LogP) is 2.73. The van der Waals surface area contributed by atoms with E-state index in [9.17, 15) is 8.78 Å². The second-order valence-electron chi connectivity index (χ2n) is 5.08. The van der Waals surface area contributed by atoms with Gasteiger partial charge in [0, 0.05) is 31.2 Å². The molecule has 6 heteroatoms. The lowest BCUT2D eigenvalue weighted by atomic mass is 10.2. The predicted molar refractivity (Wildman–Crippen MR) is 79.1 cm³/mol. The van der Waals surface area contributed by atoms with Crippen molar-refractivity contribution in [3.63, 3.8) is 0 Å². The number of benzene rings is 1. The van der Waals surface area contributed by atoms with Gasteiger partial charge in [0.1, 0.15) is 0 Å². The molecule has 120 valence electrons. The Morgan fingerprint density at radius 3 is 2.57 bits per heavy atom. The van der Waals surface area contributed by atoms with E-state index >= 15 is 0 Å². The number of methoxy groups -OCH3 is 1. The van der Waals surface area contributed by atoms with E-state index in [4.69, 9.17) is 4.74 Å². The molecule has 0 amide bonds. The van der Waals surface area contributed by atoms with Gasteiger partial charge in [-0.2, -0.15) is 8.78 Å². The van der Waals surface area contributed by atoms with E-state index in [0.29, 0.717) is 23.9 Å². The number of alkyl halides is 2. The molecule has 0 unspecified atom stereocenters. The number of nitrogens with one attached hydrogen (secondary N) is 1. The Morgan fingerprint density at radius 2 is 2.00 bits per heavy atom. The molecule has 0 fully saturated rings. The molecule has 21 heavy (non-hydrogen) atoms. The molecule has 0 bridgehead atoms. The second kappa shape index (κ2) is 8.79. The normalized spacial score (nSPS) is 11.5. The van der Waals surface area contributed by atoms with Crippen LogP contribution in [0.25, 0.3) is 0 Å². The average molecular weight is 302 g/mol. The SMILES string of the molecule is COc1cccc(CNCCN(C)C(C)C)c1OC(F)F. The summed E-state index contributed by atoms with van der Waals surface area (Å²) >= 11 is 0. The number of likely N-dealkylation sites (N-methyl/N-ethyl adjacent to an activating group) is 1. The van der Waals surface area contributed by atoms with Gasteiger partial charge in [-0.05, 0) is 27.0 Å². The zero-order valence-corrected chi connectivity index (χ0v) is 13.0. The molecule has 4 nitrogen and oxygen atoms in total. The number of para-hydroxylation sites is 1. The molecule has 0 aromatic heterocycles. The van der Waals surface area contributed by atoms with Crippen LogP contribution in [0.3, 0.4) is 0 Å². The van der Waals surface area contributed by atoms with E-state index in [0.717, 1.165) is 13.1 Å². The minimum atomic E-state index is -2.87. The summed E-state index contributed by atoms with van der Waals surface area (Å²) < 4.78 is 34.6. The van der Waals surface area contributed by atoms with Crippen LogP contribution in [0.2, 0.25) is 0 Å². The molecule has 1 aromatic carbocycles. The Hall–Kier alpha value is -1.40. The topological polar surface area (TPSA) is 33.7 Å². The van der Waals surface area contributed by atoms with Gasteiger partial charge in [0.15, 0.2) is 11.5 Å². The van der Waals surface area contributed by atoms with Crippen molar-refractivity contribution in [1.82, 2.24) is 10.2 Å². The van der Waals surface area contributed by atoms with Gasteiger partial charge in [0.2, 0.25) is 0 Å². The fourth-order valence-electron chi connectivity index (χ4n) is 1.82. The monoisotopic (exact) mass is 302 g/mol. The highest BCUT2D eigenvalue weighted by atomic mass is 19.3. The van der Waals surface area contributed by atoms with Gasteiger partial charge in [0.25, 0.3) is 0 Å². The fraction of sp³-hybridized carbons (Fsp3) is 0.600. The van der Waals surface area contributed by atoms with Gasteiger partial charge in [-0.25, -0.2) is 0 Å². The maximum absolute atomic E-state index is 12.5. The van der Waals surface area contributed by atoms with Gasteiger partial charge in [0.05, 0.1) is 7.11 Å². The molecule has 1 aromatic rings. The van der Waals surface area contributed by atoms with Gasteiger partial charge in [-0.15, -0.1) is 0 Å². The average Bonchev–Trinajstić information content (AvgIpc) is 2.43. The summed E-state index contributed by atoms with van der Waals surface area (Å²) in [4.78, 5) is 2.20. The van der Waals surface area contributed by atoms with Crippen LogP contribution in [0.1, 0.15) is 19.4 Å². The third kappa shape index (κ3) is 5.85. The molecule has 1 N–H and O–H groups in total. The Labute approximate surface area is 125 Å². The minimum absolute atomic E-state index is 0.0970. The van der Waals surface area contributed by atoms with Gasteiger partial charge >= 0.3 is 6.61 Å². The van der Waals surface area contributed by atoms with Crippen molar-refractivity contribution in [1.29, 1.82) is 0 Å². The smallest absolute Gasteiger partial charge is 0.387 e. The van der Waals surface area contributed by atoms with E-state index < -0.39 is 6.61 Å². The van der Waals surface area contributed by atoms with Crippen LogP contribution in [0.4, 0.5) is 8.78 Å². The maximum Gasteiger partial charge on any atom is 0.387 e. The van der Waals surface area contributed by atoms with E-state index in [-0.39, 0.29) is 5.75 Å². The first-order valence-electron chi connectivity index (χ1n) is 6.97. The highest BCUT2D eigenvalue weighted by molar-refractivity contribution is 5.46.